The Balaban J connectivity index is 1.82. The molecule has 1 N–H and O–H groups in total. The molecule has 0 unspecified atom stereocenters. The smallest absolute Gasteiger partial charge is 0.223 e. The van der Waals surface area contributed by atoms with Crippen LogP contribution in [-0.4, -0.2) is 12.5 Å². The van der Waals surface area contributed by atoms with Gasteiger partial charge in [0.1, 0.15) is 0 Å². The Morgan fingerprint density at radius 2 is 1.88 bits per heavy atom. The lowest BCUT2D eigenvalue weighted by molar-refractivity contribution is -0.122. The summed E-state index contributed by atoms with van der Waals surface area (Å²) in [5.74, 6) is 0.441. The molecular weight excluding hydrogens is 245 g/mol. The summed E-state index contributed by atoms with van der Waals surface area (Å²) in [6, 6.07) is 5.45. The maximum atomic E-state index is 11.4. The molecule has 1 saturated carbocycles. The third-order valence-electron chi connectivity index (χ3n) is 2.58. The van der Waals surface area contributed by atoms with Crippen LogP contribution in [0.5, 0.6) is 0 Å². The summed E-state index contributed by atoms with van der Waals surface area (Å²) >= 11 is 11.8. The number of hydrogen-bond acceptors (Lipinski definition) is 1. The highest BCUT2D eigenvalue weighted by molar-refractivity contribution is 6.34. The summed E-state index contributed by atoms with van der Waals surface area (Å²) < 4.78 is 0. The molecule has 1 aromatic rings. The number of carbonyl (C=O) groups excluding carboxylic acids is 1. The Labute approximate surface area is 105 Å². The molecule has 1 fully saturated rings. The molecule has 0 aliphatic heterocycles. The van der Waals surface area contributed by atoms with Crippen molar-refractivity contribution in [2.75, 3.05) is 6.54 Å². The Morgan fingerprint density at radius 1 is 1.25 bits per heavy atom. The first-order valence-corrected chi connectivity index (χ1v) is 6.13. The predicted octanol–water partition coefficient (Wildman–Crippen LogP) is 3.06. The Kier molecular flexibility index (Phi) is 3.72. The zero-order valence-electron chi connectivity index (χ0n) is 8.80. The second kappa shape index (κ2) is 5.07. The van der Waals surface area contributed by atoms with E-state index < -0.39 is 0 Å². The lowest BCUT2D eigenvalue weighted by Crippen LogP contribution is -2.26. The number of hydrogen-bond donors (Lipinski definition) is 1. The standard InChI is InChI=1S/C12H13Cl2NO/c13-10-5-8(6-11(14)7-10)3-4-15-12(16)9-1-2-9/h5-7,9H,1-4H2,(H,15,16). The fourth-order valence-electron chi connectivity index (χ4n) is 1.58. The molecule has 0 atom stereocenters. The van der Waals surface area contributed by atoms with Gasteiger partial charge in [-0.3, -0.25) is 4.79 Å². The lowest BCUT2D eigenvalue weighted by atomic mass is 10.1. The minimum absolute atomic E-state index is 0.174. The number of carbonyl (C=O) groups is 1. The minimum Gasteiger partial charge on any atom is -0.356 e. The van der Waals surface area contributed by atoms with E-state index in [1.807, 2.05) is 12.1 Å². The summed E-state index contributed by atoms with van der Waals surface area (Å²) in [5, 5.41) is 4.18. The molecule has 0 bridgehead atoms. The van der Waals surface area contributed by atoms with Crippen LogP contribution in [0.3, 0.4) is 0 Å². The zero-order valence-corrected chi connectivity index (χ0v) is 10.3. The SMILES string of the molecule is O=C(NCCc1cc(Cl)cc(Cl)c1)C1CC1. The largest absolute Gasteiger partial charge is 0.356 e. The van der Waals surface area contributed by atoms with E-state index in [2.05, 4.69) is 5.32 Å². The summed E-state index contributed by atoms with van der Waals surface area (Å²) in [4.78, 5) is 11.4. The summed E-state index contributed by atoms with van der Waals surface area (Å²) in [6.07, 6.45) is 2.84. The molecule has 0 spiro atoms. The van der Waals surface area contributed by atoms with Crippen LogP contribution < -0.4 is 5.32 Å². The highest BCUT2D eigenvalue weighted by atomic mass is 35.5. The predicted molar refractivity (Wildman–Crippen MR) is 65.9 cm³/mol. The van der Waals surface area contributed by atoms with Crippen molar-refractivity contribution in [2.45, 2.75) is 19.3 Å². The van der Waals surface area contributed by atoms with Crippen LogP contribution in [0.15, 0.2) is 18.2 Å². The Bertz CT molecular complexity index is 382. The van der Waals surface area contributed by atoms with Crippen LogP contribution in [-0.2, 0) is 11.2 Å². The minimum atomic E-state index is 0.174. The normalized spacial score (nSPS) is 14.9. The van der Waals surface area contributed by atoms with E-state index in [1.165, 1.54) is 0 Å². The molecule has 0 radical (unpaired) electrons. The first kappa shape index (κ1) is 11.7. The van der Waals surface area contributed by atoms with Gasteiger partial charge in [-0.1, -0.05) is 23.2 Å². The number of amides is 1. The van der Waals surface area contributed by atoms with Crippen molar-refractivity contribution in [3.63, 3.8) is 0 Å². The van der Waals surface area contributed by atoms with Crippen molar-refractivity contribution < 1.29 is 4.79 Å². The van der Waals surface area contributed by atoms with Gasteiger partial charge >= 0.3 is 0 Å². The molecule has 1 aliphatic carbocycles. The average Bonchev–Trinajstić information content (AvgIpc) is 2.98. The van der Waals surface area contributed by atoms with Crippen LogP contribution in [0, 0.1) is 5.92 Å². The molecule has 1 aliphatic rings. The molecule has 1 aromatic carbocycles. The van der Waals surface area contributed by atoms with E-state index in [9.17, 15) is 4.79 Å². The van der Waals surface area contributed by atoms with Gasteiger partial charge in [0, 0.05) is 22.5 Å². The molecule has 16 heavy (non-hydrogen) atoms. The van der Waals surface area contributed by atoms with Gasteiger partial charge in [0.2, 0.25) is 5.91 Å². The quantitative estimate of drug-likeness (QED) is 0.883. The summed E-state index contributed by atoms with van der Waals surface area (Å²) in [6.45, 7) is 0.645. The third-order valence-corrected chi connectivity index (χ3v) is 3.02. The number of nitrogens with one attached hydrogen (secondary N) is 1. The topological polar surface area (TPSA) is 29.1 Å². The van der Waals surface area contributed by atoms with E-state index >= 15 is 0 Å². The molecular formula is C12H13Cl2NO. The summed E-state index contributed by atoms with van der Waals surface area (Å²) in [5.41, 5.74) is 1.05. The van der Waals surface area contributed by atoms with Crippen molar-refractivity contribution >= 4 is 29.1 Å². The maximum absolute atomic E-state index is 11.4. The van der Waals surface area contributed by atoms with Crippen LogP contribution in [0.1, 0.15) is 18.4 Å². The monoisotopic (exact) mass is 257 g/mol. The molecule has 0 saturated heterocycles. The van der Waals surface area contributed by atoms with Gasteiger partial charge in [-0.25, -0.2) is 0 Å². The average molecular weight is 258 g/mol. The van der Waals surface area contributed by atoms with Crippen molar-refractivity contribution in [1.82, 2.24) is 5.32 Å². The third kappa shape index (κ3) is 3.39. The highest BCUT2D eigenvalue weighted by Gasteiger charge is 2.28. The van der Waals surface area contributed by atoms with Gasteiger partial charge in [0.15, 0.2) is 0 Å². The molecule has 86 valence electrons. The molecule has 0 aromatic heterocycles. The van der Waals surface area contributed by atoms with Gasteiger partial charge < -0.3 is 5.32 Å². The Hall–Kier alpha value is -0.730. The van der Waals surface area contributed by atoms with Gasteiger partial charge in [-0.05, 0) is 43.0 Å². The highest BCUT2D eigenvalue weighted by Crippen LogP contribution is 2.28. The lowest BCUT2D eigenvalue weighted by Gasteiger charge is -2.05. The van der Waals surface area contributed by atoms with Crippen LogP contribution in [0.2, 0.25) is 10.0 Å². The van der Waals surface area contributed by atoms with E-state index in [4.69, 9.17) is 23.2 Å². The molecule has 2 rings (SSSR count). The van der Waals surface area contributed by atoms with Gasteiger partial charge in [0.05, 0.1) is 0 Å². The van der Waals surface area contributed by atoms with E-state index in [1.54, 1.807) is 6.07 Å². The van der Waals surface area contributed by atoms with Crippen LogP contribution in [0.4, 0.5) is 0 Å². The first-order chi connectivity index (χ1) is 7.65. The van der Waals surface area contributed by atoms with Gasteiger partial charge in [0.25, 0.3) is 0 Å². The van der Waals surface area contributed by atoms with Crippen molar-refractivity contribution in [3.05, 3.63) is 33.8 Å². The second-order valence-electron chi connectivity index (χ2n) is 4.09. The van der Waals surface area contributed by atoms with Crippen molar-refractivity contribution in [3.8, 4) is 0 Å². The molecule has 2 nitrogen and oxygen atoms in total. The first-order valence-electron chi connectivity index (χ1n) is 5.38. The van der Waals surface area contributed by atoms with E-state index in [-0.39, 0.29) is 11.8 Å². The second-order valence-corrected chi connectivity index (χ2v) is 4.97. The van der Waals surface area contributed by atoms with E-state index in [0.717, 1.165) is 24.8 Å². The van der Waals surface area contributed by atoms with Gasteiger partial charge in [-0.2, -0.15) is 0 Å². The van der Waals surface area contributed by atoms with E-state index in [0.29, 0.717) is 16.6 Å². The number of halogens is 2. The fraction of sp³-hybridized carbons (Fsp3) is 0.417. The number of rotatable bonds is 4. The Morgan fingerprint density at radius 3 is 2.44 bits per heavy atom. The molecule has 0 heterocycles. The maximum Gasteiger partial charge on any atom is 0.223 e. The molecule has 4 heteroatoms. The van der Waals surface area contributed by atoms with Crippen molar-refractivity contribution in [2.24, 2.45) is 5.92 Å². The summed E-state index contributed by atoms with van der Waals surface area (Å²) in [7, 11) is 0. The molecule has 1 amide bonds. The fourth-order valence-corrected chi connectivity index (χ4v) is 2.15. The van der Waals surface area contributed by atoms with Gasteiger partial charge in [-0.15, -0.1) is 0 Å². The van der Waals surface area contributed by atoms with Crippen LogP contribution in [0.25, 0.3) is 0 Å². The zero-order chi connectivity index (χ0) is 11.5. The van der Waals surface area contributed by atoms with Crippen LogP contribution >= 0.6 is 23.2 Å². The number of benzene rings is 1. The van der Waals surface area contributed by atoms with Crippen molar-refractivity contribution in [1.29, 1.82) is 0 Å².